The van der Waals surface area contributed by atoms with Crippen molar-refractivity contribution in [1.29, 1.82) is 0 Å². The summed E-state index contributed by atoms with van der Waals surface area (Å²) in [7, 11) is 0. The third-order valence-electron chi connectivity index (χ3n) is 4.07. The van der Waals surface area contributed by atoms with Crippen LogP contribution in [0.2, 0.25) is 0 Å². The molecule has 1 amide bonds. The minimum Gasteiger partial charge on any atom is -0.368 e. The molecule has 1 atom stereocenters. The van der Waals surface area contributed by atoms with Crippen molar-refractivity contribution in [2.75, 3.05) is 0 Å². The van der Waals surface area contributed by atoms with Gasteiger partial charge in [-0.2, -0.15) is 10.1 Å². The number of halogens is 1. The first kappa shape index (κ1) is 17.2. The van der Waals surface area contributed by atoms with Crippen molar-refractivity contribution < 1.29 is 9.90 Å². The van der Waals surface area contributed by atoms with Crippen LogP contribution < -0.4 is 0 Å². The van der Waals surface area contributed by atoms with Gasteiger partial charge in [-0.1, -0.05) is 50.0 Å². The standard InChI is InChI=1S/C17H23BrN2O2/c1-5-6-14-11-17(22,16(2,3)4)20(19-14)15(21)12-7-9-13(18)10-8-12/h7-10,22H,5-6,11H2,1-4H3/t17-/m1/s1. The van der Waals surface area contributed by atoms with E-state index in [0.717, 1.165) is 23.0 Å². The van der Waals surface area contributed by atoms with Crippen LogP contribution in [-0.2, 0) is 0 Å². The number of aliphatic hydroxyl groups is 1. The summed E-state index contributed by atoms with van der Waals surface area (Å²) in [5.41, 5.74) is -0.378. The highest BCUT2D eigenvalue weighted by molar-refractivity contribution is 9.10. The van der Waals surface area contributed by atoms with E-state index in [4.69, 9.17) is 0 Å². The lowest BCUT2D eigenvalue weighted by atomic mass is 9.79. The largest absolute Gasteiger partial charge is 0.368 e. The van der Waals surface area contributed by atoms with E-state index in [-0.39, 0.29) is 5.91 Å². The second-order valence-corrected chi connectivity index (χ2v) is 7.70. The number of carbonyl (C=O) groups excluding carboxylic acids is 1. The molecule has 1 aliphatic rings. The monoisotopic (exact) mass is 366 g/mol. The summed E-state index contributed by atoms with van der Waals surface area (Å²) < 4.78 is 0.909. The number of hydrazone groups is 1. The maximum absolute atomic E-state index is 12.8. The molecule has 1 aromatic rings. The number of amides is 1. The molecular weight excluding hydrogens is 344 g/mol. The molecule has 0 aromatic heterocycles. The third kappa shape index (κ3) is 3.10. The Morgan fingerprint density at radius 1 is 1.36 bits per heavy atom. The predicted octanol–water partition coefficient (Wildman–Crippen LogP) is 4.19. The zero-order valence-corrected chi connectivity index (χ0v) is 15.1. The van der Waals surface area contributed by atoms with E-state index < -0.39 is 11.1 Å². The Labute approximate surface area is 140 Å². The Hall–Kier alpha value is -1.20. The summed E-state index contributed by atoms with van der Waals surface area (Å²) in [6.45, 7) is 7.86. The van der Waals surface area contributed by atoms with Crippen LogP contribution in [0.4, 0.5) is 0 Å². The van der Waals surface area contributed by atoms with Crippen LogP contribution in [-0.4, -0.2) is 27.5 Å². The number of carbonyl (C=O) groups is 1. The fourth-order valence-electron chi connectivity index (χ4n) is 2.56. The molecule has 1 heterocycles. The topological polar surface area (TPSA) is 52.9 Å². The number of rotatable bonds is 3. The quantitative estimate of drug-likeness (QED) is 0.871. The Kier molecular flexibility index (Phi) is 4.78. The summed E-state index contributed by atoms with van der Waals surface area (Å²) in [4.78, 5) is 12.8. The van der Waals surface area contributed by atoms with Gasteiger partial charge in [0.05, 0.1) is 0 Å². The van der Waals surface area contributed by atoms with Crippen molar-refractivity contribution in [2.24, 2.45) is 10.5 Å². The van der Waals surface area contributed by atoms with Gasteiger partial charge in [0.2, 0.25) is 0 Å². The van der Waals surface area contributed by atoms with E-state index in [0.29, 0.717) is 12.0 Å². The van der Waals surface area contributed by atoms with Gasteiger partial charge in [-0.05, 0) is 30.7 Å². The predicted molar refractivity (Wildman–Crippen MR) is 91.7 cm³/mol. The fourth-order valence-corrected chi connectivity index (χ4v) is 2.82. The van der Waals surface area contributed by atoms with Crippen LogP contribution in [0.15, 0.2) is 33.8 Å². The van der Waals surface area contributed by atoms with E-state index >= 15 is 0 Å². The molecule has 4 nitrogen and oxygen atoms in total. The first-order valence-electron chi connectivity index (χ1n) is 7.58. The Morgan fingerprint density at radius 3 is 2.45 bits per heavy atom. The van der Waals surface area contributed by atoms with Crippen molar-refractivity contribution in [2.45, 2.75) is 52.7 Å². The van der Waals surface area contributed by atoms with E-state index in [1.807, 2.05) is 32.9 Å². The summed E-state index contributed by atoms with van der Waals surface area (Å²) in [6, 6.07) is 7.11. The maximum atomic E-state index is 12.8. The van der Waals surface area contributed by atoms with Crippen molar-refractivity contribution >= 4 is 27.5 Å². The molecule has 0 bridgehead atoms. The minimum atomic E-state index is -1.29. The lowest BCUT2D eigenvalue weighted by molar-refractivity contribution is -0.143. The highest BCUT2D eigenvalue weighted by Crippen LogP contribution is 2.41. The normalized spacial score (nSPS) is 21.9. The zero-order chi connectivity index (χ0) is 16.5. The molecule has 2 rings (SSSR count). The molecule has 0 radical (unpaired) electrons. The van der Waals surface area contributed by atoms with Crippen LogP contribution >= 0.6 is 15.9 Å². The fraction of sp³-hybridized carbons (Fsp3) is 0.529. The lowest BCUT2D eigenvalue weighted by Gasteiger charge is -2.41. The molecule has 1 aliphatic heterocycles. The van der Waals surface area contributed by atoms with Crippen LogP contribution in [0.3, 0.4) is 0 Å². The van der Waals surface area contributed by atoms with Crippen molar-refractivity contribution in [1.82, 2.24) is 5.01 Å². The van der Waals surface area contributed by atoms with Gasteiger partial charge in [0, 0.05) is 27.6 Å². The number of hydrogen-bond donors (Lipinski definition) is 1. The number of nitrogens with zero attached hydrogens (tertiary/aromatic N) is 2. The molecule has 0 saturated heterocycles. The second-order valence-electron chi connectivity index (χ2n) is 6.78. The summed E-state index contributed by atoms with van der Waals surface area (Å²) >= 11 is 3.36. The molecule has 5 heteroatoms. The molecule has 1 N–H and O–H groups in total. The smallest absolute Gasteiger partial charge is 0.276 e. The molecule has 0 fully saturated rings. The summed E-state index contributed by atoms with van der Waals surface area (Å²) in [5, 5.41) is 16.9. The molecule has 120 valence electrons. The van der Waals surface area contributed by atoms with Gasteiger partial charge in [0.15, 0.2) is 5.72 Å². The Balaban J connectivity index is 2.39. The lowest BCUT2D eigenvalue weighted by Crippen LogP contribution is -2.55. The van der Waals surface area contributed by atoms with Crippen molar-refractivity contribution in [3.8, 4) is 0 Å². The second kappa shape index (κ2) is 6.13. The van der Waals surface area contributed by atoms with Crippen molar-refractivity contribution in [3.05, 3.63) is 34.3 Å². The zero-order valence-electron chi connectivity index (χ0n) is 13.6. The van der Waals surface area contributed by atoms with Gasteiger partial charge in [0.25, 0.3) is 5.91 Å². The van der Waals surface area contributed by atoms with Crippen molar-refractivity contribution in [3.63, 3.8) is 0 Å². The minimum absolute atomic E-state index is 0.268. The van der Waals surface area contributed by atoms with Gasteiger partial charge in [-0.25, -0.2) is 0 Å². The highest BCUT2D eigenvalue weighted by Gasteiger charge is 2.52. The molecular formula is C17H23BrN2O2. The molecule has 0 aliphatic carbocycles. The summed E-state index contributed by atoms with van der Waals surface area (Å²) in [5.74, 6) is -0.268. The molecule has 1 aromatic carbocycles. The van der Waals surface area contributed by atoms with Gasteiger partial charge in [0.1, 0.15) is 0 Å². The van der Waals surface area contributed by atoms with Gasteiger partial charge < -0.3 is 5.11 Å². The Bertz CT molecular complexity index is 590. The first-order chi connectivity index (χ1) is 10.2. The van der Waals surface area contributed by atoms with E-state index in [2.05, 4.69) is 28.0 Å². The van der Waals surface area contributed by atoms with Gasteiger partial charge in [-0.3, -0.25) is 4.79 Å². The van der Waals surface area contributed by atoms with E-state index in [1.165, 1.54) is 5.01 Å². The SMILES string of the molecule is CCCC1=NN(C(=O)c2ccc(Br)cc2)[C@](O)(C(C)(C)C)C1. The highest BCUT2D eigenvalue weighted by atomic mass is 79.9. The molecule has 0 unspecified atom stereocenters. The number of hydrogen-bond acceptors (Lipinski definition) is 3. The molecule has 0 saturated carbocycles. The number of benzene rings is 1. The van der Waals surface area contributed by atoms with Crippen LogP contribution in [0, 0.1) is 5.41 Å². The van der Waals surface area contributed by atoms with Crippen LogP contribution in [0.25, 0.3) is 0 Å². The summed E-state index contributed by atoms with van der Waals surface area (Å²) in [6.07, 6.45) is 2.15. The van der Waals surface area contributed by atoms with Crippen LogP contribution in [0.1, 0.15) is 57.3 Å². The van der Waals surface area contributed by atoms with E-state index in [9.17, 15) is 9.90 Å². The third-order valence-corrected chi connectivity index (χ3v) is 4.59. The van der Waals surface area contributed by atoms with E-state index in [1.54, 1.807) is 12.1 Å². The maximum Gasteiger partial charge on any atom is 0.276 e. The van der Waals surface area contributed by atoms with Gasteiger partial charge in [-0.15, -0.1) is 0 Å². The Morgan fingerprint density at radius 2 is 1.95 bits per heavy atom. The average molecular weight is 367 g/mol. The van der Waals surface area contributed by atoms with Gasteiger partial charge >= 0.3 is 0 Å². The van der Waals surface area contributed by atoms with Crippen LogP contribution in [0.5, 0.6) is 0 Å². The molecule has 0 spiro atoms. The average Bonchev–Trinajstić information content (AvgIpc) is 2.77. The molecule has 22 heavy (non-hydrogen) atoms. The first-order valence-corrected chi connectivity index (χ1v) is 8.37.